The molecule has 0 spiro atoms. The van der Waals surface area contributed by atoms with Gasteiger partial charge in [-0.2, -0.15) is 0 Å². The number of carbonyl (C=O) groups excluding carboxylic acids is 2. The molecular formula is C43H72O6. The maximum atomic E-state index is 12.0. The van der Waals surface area contributed by atoms with E-state index >= 15 is 0 Å². The Bertz CT molecular complexity index is 929. The van der Waals surface area contributed by atoms with E-state index in [9.17, 15) is 19.8 Å². The lowest BCUT2D eigenvalue weighted by molar-refractivity contribution is -0.152. The summed E-state index contributed by atoms with van der Waals surface area (Å²) < 4.78 is 10.2. The van der Waals surface area contributed by atoms with Crippen molar-refractivity contribution in [2.75, 3.05) is 13.2 Å². The van der Waals surface area contributed by atoms with Gasteiger partial charge in [0.1, 0.15) is 19.3 Å². The molecule has 0 saturated carbocycles. The highest BCUT2D eigenvalue weighted by atomic mass is 16.6. The molecule has 0 fully saturated rings. The Labute approximate surface area is 300 Å². The molecule has 0 aromatic rings. The van der Waals surface area contributed by atoms with Crippen LogP contribution >= 0.6 is 0 Å². The first-order valence-electron chi connectivity index (χ1n) is 19.6. The normalized spacial score (nSPS) is 13.6. The van der Waals surface area contributed by atoms with Gasteiger partial charge in [-0.05, 0) is 44.9 Å². The van der Waals surface area contributed by atoms with Crippen molar-refractivity contribution in [3.63, 3.8) is 0 Å². The van der Waals surface area contributed by atoms with Crippen molar-refractivity contribution < 1.29 is 29.3 Å². The van der Waals surface area contributed by atoms with Crippen LogP contribution in [0.3, 0.4) is 0 Å². The highest BCUT2D eigenvalue weighted by Gasteiger charge is 2.11. The van der Waals surface area contributed by atoms with Crippen LogP contribution in [-0.4, -0.2) is 47.6 Å². The van der Waals surface area contributed by atoms with Gasteiger partial charge in [-0.1, -0.05) is 177 Å². The second kappa shape index (κ2) is 38.1. The second-order valence-electron chi connectivity index (χ2n) is 12.9. The van der Waals surface area contributed by atoms with E-state index in [2.05, 4.69) is 50.3 Å². The maximum Gasteiger partial charge on any atom is 0.306 e. The Morgan fingerprint density at radius 2 is 1.00 bits per heavy atom. The Kier molecular flexibility index (Phi) is 36.0. The lowest BCUT2D eigenvalue weighted by Crippen LogP contribution is -2.25. The molecule has 2 atom stereocenters. The van der Waals surface area contributed by atoms with E-state index in [1.807, 2.05) is 30.4 Å². The van der Waals surface area contributed by atoms with Crippen molar-refractivity contribution in [1.82, 2.24) is 0 Å². The van der Waals surface area contributed by atoms with Crippen LogP contribution in [0, 0.1) is 0 Å². The van der Waals surface area contributed by atoms with Crippen LogP contribution in [0.15, 0.2) is 72.9 Å². The summed E-state index contributed by atoms with van der Waals surface area (Å²) >= 11 is 0. The first kappa shape index (κ1) is 46.3. The zero-order valence-electron chi connectivity index (χ0n) is 31.3. The van der Waals surface area contributed by atoms with E-state index in [1.165, 1.54) is 77.0 Å². The molecule has 1 unspecified atom stereocenters. The number of aliphatic hydroxyl groups is 2. The standard InChI is InChI=1S/C43H72O6/c1-3-5-7-9-11-13-15-17-18-20-22-24-26-28-32-36-42(46)48-38-41(45)39-49-43(47)37-33-29-31-35-40(44)34-30-27-25-23-21-19-16-14-12-10-8-6-4-2/h6,8,12,14,19,21,25,27,29-31,34,40-41,44-45H,3-5,7,9-11,13,15-18,20,22-24,26,28,32-33,35-39H2,1-2H3/b8-6-,14-12-,21-19-,27-25-,31-29-,34-30-/t40?,41-/m0/s1. The van der Waals surface area contributed by atoms with Gasteiger partial charge in [0.25, 0.3) is 0 Å². The number of carbonyl (C=O) groups is 2. The summed E-state index contributed by atoms with van der Waals surface area (Å²) in [4.78, 5) is 23.9. The predicted molar refractivity (Wildman–Crippen MR) is 206 cm³/mol. The summed E-state index contributed by atoms with van der Waals surface area (Å²) in [6.07, 6.45) is 47.0. The third-order valence-corrected chi connectivity index (χ3v) is 8.05. The van der Waals surface area contributed by atoms with E-state index in [0.717, 1.165) is 44.9 Å². The average Bonchev–Trinajstić information content (AvgIpc) is 3.09. The number of hydrogen-bond donors (Lipinski definition) is 2. The fourth-order valence-electron chi connectivity index (χ4n) is 5.08. The van der Waals surface area contributed by atoms with E-state index in [4.69, 9.17) is 9.47 Å². The molecule has 0 rings (SSSR count). The van der Waals surface area contributed by atoms with Crippen molar-refractivity contribution in [3.05, 3.63) is 72.9 Å². The van der Waals surface area contributed by atoms with Gasteiger partial charge in [-0.25, -0.2) is 0 Å². The summed E-state index contributed by atoms with van der Waals surface area (Å²) in [6.45, 7) is 4.03. The molecule has 0 aliphatic carbocycles. The third-order valence-electron chi connectivity index (χ3n) is 8.05. The number of allylic oxidation sites excluding steroid dienone is 10. The van der Waals surface area contributed by atoms with Gasteiger partial charge in [0.2, 0.25) is 0 Å². The molecule has 280 valence electrons. The van der Waals surface area contributed by atoms with Crippen molar-refractivity contribution in [2.45, 2.75) is 174 Å². The summed E-state index contributed by atoms with van der Waals surface area (Å²) in [5.74, 6) is -0.742. The van der Waals surface area contributed by atoms with Crippen LogP contribution in [0.2, 0.25) is 0 Å². The lowest BCUT2D eigenvalue weighted by Gasteiger charge is -2.12. The first-order chi connectivity index (χ1) is 24.0. The minimum absolute atomic E-state index is 0.170. The highest BCUT2D eigenvalue weighted by molar-refractivity contribution is 5.70. The van der Waals surface area contributed by atoms with Crippen LogP contribution in [0.25, 0.3) is 0 Å². The largest absolute Gasteiger partial charge is 0.463 e. The van der Waals surface area contributed by atoms with Gasteiger partial charge in [-0.15, -0.1) is 0 Å². The summed E-state index contributed by atoms with van der Waals surface area (Å²) in [5.41, 5.74) is 0. The topological polar surface area (TPSA) is 93.1 Å². The van der Waals surface area contributed by atoms with E-state index in [0.29, 0.717) is 19.3 Å². The Morgan fingerprint density at radius 1 is 0.531 bits per heavy atom. The maximum absolute atomic E-state index is 12.0. The molecule has 0 bridgehead atoms. The molecule has 0 aromatic heterocycles. The van der Waals surface area contributed by atoms with Crippen LogP contribution in [-0.2, 0) is 19.1 Å². The molecule has 0 radical (unpaired) electrons. The van der Waals surface area contributed by atoms with Gasteiger partial charge >= 0.3 is 11.9 Å². The van der Waals surface area contributed by atoms with Gasteiger partial charge in [0.15, 0.2) is 0 Å². The third kappa shape index (κ3) is 38.0. The Hall–Kier alpha value is -2.70. The minimum Gasteiger partial charge on any atom is -0.463 e. The highest BCUT2D eigenvalue weighted by Crippen LogP contribution is 2.14. The first-order valence-corrected chi connectivity index (χ1v) is 19.6. The summed E-state index contributed by atoms with van der Waals surface area (Å²) in [5, 5.41) is 20.1. The smallest absolute Gasteiger partial charge is 0.306 e. The van der Waals surface area contributed by atoms with Gasteiger partial charge in [-0.3, -0.25) is 9.59 Å². The molecule has 0 aliphatic rings. The van der Waals surface area contributed by atoms with Crippen LogP contribution < -0.4 is 0 Å². The lowest BCUT2D eigenvalue weighted by atomic mass is 10.0. The molecule has 0 heterocycles. The Morgan fingerprint density at radius 3 is 1.53 bits per heavy atom. The molecular weight excluding hydrogens is 612 g/mol. The van der Waals surface area contributed by atoms with Gasteiger partial charge in [0, 0.05) is 12.8 Å². The van der Waals surface area contributed by atoms with Crippen molar-refractivity contribution in [3.8, 4) is 0 Å². The molecule has 6 heteroatoms. The molecule has 2 N–H and O–H groups in total. The Balaban J connectivity index is 3.67. The van der Waals surface area contributed by atoms with Crippen molar-refractivity contribution in [2.24, 2.45) is 0 Å². The van der Waals surface area contributed by atoms with Gasteiger partial charge in [0.05, 0.1) is 6.10 Å². The number of esters is 2. The van der Waals surface area contributed by atoms with Crippen LogP contribution in [0.4, 0.5) is 0 Å². The summed E-state index contributed by atoms with van der Waals surface area (Å²) in [7, 11) is 0. The molecule has 49 heavy (non-hydrogen) atoms. The molecule has 0 saturated heterocycles. The van der Waals surface area contributed by atoms with Gasteiger partial charge < -0.3 is 19.7 Å². The monoisotopic (exact) mass is 685 g/mol. The zero-order valence-corrected chi connectivity index (χ0v) is 31.3. The number of unbranched alkanes of at least 4 members (excludes halogenated alkanes) is 14. The predicted octanol–water partition coefficient (Wildman–Crippen LogP) is 11.1. The zero-order chi connectivity index (χ0) is 35.9. The summed E-state index contributed by atoms with van der Waals surface area (Å²) in [6, 6.07) is 0. The number of hydrogen-bond acceptors (Lipinski definition) is 6. The van der Waals surface area contributed by atoms with E-state index < -0.39 is 18.2 Å². The fourth-order valence-corrected chi connectivity index (χ4v) is 5.08. The molecule has 0 aromatic carbocycles. The van der Waals surface area contributed by atoms with Crippen LogP contribution in [0.1, 0.15) is 162 Å². The second-order valence-corrected chi connectivity index (χ2v) is 12.9. The van der Waals surface area contributed by atoms with E-state index in [-0.39, 0.29) is 25.6 Å². The SMILES string of the molecule is CC/C=C\C/C=C\C/C=C\C/C=C\C=C/C(O)C/C=C\CCC(=O)OC[C@@H](O)COC(=O)CCCCCCCCCCCCCCCCC. The number of ether oxygens (including phenoxy) is 2. The minimum atomic E-state index is -1.03. The molecule has 0 aliphatic heterocycles. The number of aliphatic hydroxyl groups excluding tert-OH is 2. The number of rotatable bonds is 34. The van der Waals surface area contributed by atoms with E-state index in [1.54, 1.807) is 6.08 Å². The van der Waals surface area contributed by atoms with Crippen LogP contribution in [0.5, 0.6) is 0 Å². The average molecular weight is 685 g/mol. The fraction of sp³-hybridized carbons (Fsp3) is 0.674. The molecule has 6 nitrogen and oxygen atoms in total. The quantitative estimate of drug-likeness (QED) is 0.0303. The molecule has 0 amide bonds. The van der Waals surface area contributed by atoms with Crippen molar-refractivity contribution >= 4 is 11.9 Å². The van der Waals surface area contributed by atoms with Crippen molar-refractivity contribution in [1.29, 1.82) is 0 Å².